The van der Waals surface area contributed by atoms with Crippen LogP contribution in [0.2, 0.25) is 5.15 Å². The van der Waals surface area contributed by atoms with E-state index in [4.69, 9.17) is 16.3 Å². The number of benzene rings is 1. The number of carbonyl (C=O) groups excluding carboxylic acids is 1. The molecule has 0 aliphatic rings. The number of amides is 1. The smallest absolute Gasteiger partial charge is 0.253 e. The Kier molecular flexibility index (Phi) is 5.06. The van der Waals surface area contributed by atoms with Crippen molar-refractivity contribution in [3.63, 3.8) is 0 Å². The number of methoxy groups -OCH3 is 1. The van der Waals surface area contributed by atoms with Gasteiger partial charge >= 0.3 is 0 Å². The van der Waals surface area contributed by atoms with Crippen LogP contribution in [-0.2, 0) is 6.54 Å². The summed E-state index contributed by atoms with van der Waals surface area (Å²) in [7, 11) is 3.17. The Morgan fingerprint density at radius 2 is 2.18 bits per heavy atom. The first-order valence-electron chi connectivity index (χ1n) is 6.53. The van der Waals surface area contributed by atoms with Gasteiger partial charge < -0.3 is 20.5 Å². The lowest BCUT2D eigenvalue weighted by atomic mass is 10.1. The lowest BCUT2D eigenvalue weighted by Crippen LogP contribution is -2.24. The maximum absolute atomic E-state index is 12.3. The molecular formula is C15H16ClN3O3. The lowest BCUT2D eigenvalue weighted by molar-refractivity contribution is 0.0951. The van der Waals surface area contributed by atoms with Crippen molar-refractivity contribution in [2.24, 2.45) is 0 Å². The topological polar surface area (TPSA) is 83.5 Å². The largest absolute Gasteiger partial charge is 0.508 e. The molecule has 0 spiro atoms. The van der Waals surface area contributed by atoms with E-state index in [1.165, 1.54) is 25.4 Å². The lowest BCUT2D eigenvalue weighted by Gasteiger charge is -2.12. The number of hydrogen-bond acceptors (Lipinski definition) is 5. The summed E-state index contributed by atoms with van der Waals surface area (Å²) in [5.41, 5.74) is 1.62. The number of aromatic nitrogens is 1. The van der Waals surface area contributed by atoms with Crippen molar-refractivity contribution in [2.45, 2.75) is 6.54 Å². The average molecular weight is 322 g/mol. The zero-order valence-corrected chi connectivity index (χ0v) is 12.9. The number of carbonyl (C=O) groups is 1. The van der Waals surface area contributed by atoms with Crippen molar-refractivity contribution in [3.05, 3.63) is 46.7 Å². The third kappa shape index (κ3) is 3.40. The fraction of sp³-hybridized carbons (Fsp3) is 0.200. The number of hydrogen-bond donors (Lipinski definition) is 3. The van der Waals surface area contributed by atoms with Crippen molar-refractivity contribution in [3.8, 4) is 11.5 Å². The summed E-state index contributed by atoms with van der Waals surface area (Å²) >= 11 is 5.95. The Bertz CT molecular complexity index is 692. The van der Waals surface area contributed by atoms with E-state index in [1.807, 2.05) is 0 Å². The van der Waals surface area contributed by atoms with Gasteiger partial charge in [-0.25, -0.2) is 4.98 Å². The minimum Gasteiger partial charge on any atom is -0.508 e. The molecule has 1 amide bonds. The molecule has 1 aromatic heterocycles. The molecule has 1 aromatic carbocycles. The molecule has 0 radical (unpaired) electrons. The Balaban J connectivity index is 2.16. The van der Waals surface area contributed by atoms with Crippen LogP contribution in [0.3, 0.4) is 0 Å². The highest BCUT2D eigenvalue weighted by atomic mass is 35.5. The van der Waals surface area contributed by atoms with Crippen LogP contribution in [0.15, 0.2) is 30.5 Å². The number of nitrogens with zero attached hydrogens (tertiary/aromatic N) is 1. The van der Waals surface area contributed by atoms with Gasteiger partial charge in [-0.05, 0) is 18.2 Å². The molecule has 0 saturated carbocycles. The minimum absolute atomic E-state index is 0.102. The van der Waals surface area contributed by atoms with E-state index in [2.05, 4.69) is 15.6 Å². The molecule has 116 valence electrons. The molecular weight excluding hydrogens is 306 g/mol. The zero-order chi connectivity index (χ0) is 16.1. The monoisotopic (exact) mass is 321 g/mol. The number of anilines is 1. The fourth-order valence-corrected chi connectivity index (χ4v) is 2.27. The third-order valence-electron chi connectivity index (χ3n) is 3.11. The third-order valence-corrected chi connectivity index (χ3v) is 3.40. The highest BCUT2D eigenvalue weighted by Gasteiger charge is 2.14. The molecule has 22 heavy (non-hydrogen) atoms. The maximum atomic E-state index is 12.3. The number of halogens is 1. The van der Waals surface area contributed by atoms with Gasteiger partial charge in [0.1, 0.15) is 11.5 Å². The summed E-state index contributed by atoms with van der Waals surface area (Å²) in [6, 6.07) is 6.30. The van der Waals surface area contributed by atoms with E-state index < -0.39 is 0 Å². The second-order valence-corrected chi connectivity index (χ2v) is 4.81. The summed E-state index contributed by atoms with van der Waals surface area (Å²) in [6.07, 6.45) is 1.47. The van der Waals surface area contributed by atoms with E-state index in [1.54, 1.807) is 19.2 Å². The molecule has 0 bridgehead atoms. The molecule has 1 heterocycles. The minimum atomic E-state index is -0.288. The Labute approximate surface area is 133 Å². The Morgan fingerprint density at radius 3 is 2.86 bits per heavy atom. The molecule has 0 aliphatic heterocycles. The number of phenols is 1. The summed E-state index contributed by atoms with van der Waals surface area (Å²) in [5, 5.41) is 15.3. The quantitative estimate of drug-likeness (QED) is 0.737. The van der Waals surface area contributed by atoms with Gasteiger partial charge in [-0.3, -0.25) is 4.79 Å². The summed E-state index contributed by atoms with van der Waals surface area (Å²) in [5.74, 6) is 0.316. The molecule has 2 rings (SSSR count). The van der Waals surface area contributed by atoms with Gasteiger partial charge in [-0.15, -0.1) is 0 Å². The molecule has 6 nitrogen and oxygen atoms in total. The molecule has 0 saturated heterocycles. The van der Waals surface area contributed by atoms with Crippen LogP contribution in [-0.4, -0.2) is 30.2 Å². The molecule has 0 atom stereocenters. The molecule has 2 aromatic rings. The number of ether oxygens (including phenoxy) is 1. The zero-order valence-electron chi connectivity index (χ0n) is 12.2. The SMILES string of the molecule is CNc1c(C(=O)NCc2ccc(O)cc2OC)ccnc1Cl. The van der Waals surface area contributed by atoms with Gasteiger partial charge in [0.15, 0.2) is 5.15 Å². The second kappa shape index (κ2) is 7.00. The first-order chi connectivity index (χ1) is 10.6. The molecule has 7 heteroatoms. The average Bonchev–Trinajstić information content (AvgIpc) is 2.52. The van der Waals surface area contributed by atoms with Crippen molar-refractivity contribution < 1.29 is 14.6 Å². The van der Waals surface area contributed by atoms with Gasteiger partial charge in [0, 0.05) is 31.4 Å². The highest BCUT2D eigenvalue weighted by molar-refractivity contribution is 6.32. The van der Waals surface area contributed by atoms with Crippen LogP contribution in [0.4, 0.5) is 5.69 Å². The number of rotatable bonds is 5. The van der Waals surface area contributed by atoms with Gasteiger partial charge in [0.25, 0.3) is 5.91 Å². The van der Waals surface area contributed by atoms with Crippen molar-refractivity contribution in [2.75, 3.05) is 19.5 Å². The van der Waals surface area contributed by atoms with Crippen molar-refractivity contribution in [1.82, 2.24) is 10.3 Å². The fourth-order valence-electron chi connectivity index (χ4n) is 2.01. The predicted octanol–water partition coefficient (Wildman–Crippen LogP) is 2.42. The summed E-state index contributed by atoms with van der Waals surface area (Å²) in [4.78, 5) is 16.2. The molecule has 3 N–H and O–H groups in total. The second-order valence-electron chi connectivity index (χ2n) is 4.45. The van der Waals surface area contributed by atoms with Gasteiger partial charge in [0.05, 0.1) is 18.4 Å². The number of aromatic hydroxyl groups is 1. The van der Waals surface area contributed by atoms with E-state index in [9.17, 15) is 9.90 Å². The van der Waals surface area contributed by atoms with Crippen molar-refractivity contribution in [1.29, 1.82) is 0 Å². The molecule has 0 aliphatic carbocycles. The standard InChI is InChI=1S/C15H16ClN3O3/c1-17-13-11(5-6-18-14(13)16)15(21)19-8-9-3-4-10(20)7-12(9)22-2/h3-7,17,20H,8H2,1-2H3,(H,19,21). The van der Waals surface area contributed by atoms with Crippen LogP contribution in [0.1, 0.15) is 15.9 Å². The summed E-state index contributed by atoms with van der Waals surface area (Å²) in [6.45, 7) is 0.255. The Hall–Kier alpha value is -2.47. The Morgan fingerprint density at radius 1 is 1.41 bits per heavy atom. The summed E-state index contributed by atoms with van der Waals surface area (Å²) < 4.78 is 5.17. The predicted molar refractivity (Wildman–Crippen MR) is 84.6 cm³/mol. The molecule has 0 fully saturated rings. The van der Waals surface area contributed by atoms with Crippen LogP contribution < -0.4 is 15.4 Å². The number of phenolic OH excluding ortho intramolecular Hbond substituents is 1. The number of pyridine rings is 1. The van der Waals surface area contributed by atoms with Crippen LogP contribution in [0.25, 0.3) is 0 Å². The van der Waals surface area contributed by atoms with E-state index >= 15 is 0 Å². The van der Waals surface area contributed by atoms with Crippen LogP contribution in [0, 0.1) is 0 Å². The first-order valence-corrected chi connectivity index (χ1v) is 6.91. The van der Waals surface area contributed by atoms with E-state index in [-0.39, 0.29) is 23.4 Å². The van der Waals surface area contributed by atoms with Gasteiger partial charge in [-0.2, -0.15) is 0 Å². The van der Waals surface area contributed by atoms with Crippen molar-refractivity contribution >= 4 is 23.2 Å². The van der Waals surface area contributed by atoms with Crippen LogP contribution >= 0.6 is 11.6 Å². The van der Waals surface area contributed by atoms with E-state index in [0.717, 1.165) is 5.56 Å². The molecule has 0 unspecified atom stereocenters. The highest BCUT2D eigenvalue weighted by Crippen LogP contribution is 2.25. The van der Waals surface area contributed by atoms with Crippen LogP contribution in [0.5, 0.6) is 11.5 Å². The maximum Gasteiger partial charge on any atom is 0.253 e. The van der Waals surface area contributed by atoms with E-state index in [0.29, 0.717) is 17.0 Å². The first kappa shape index (κ1) is 15.9. The number of nitrogens with one attached hydrogen (secondary N) is 2. The van der Waals surface area contributed by atoms with Gasteiger partial charge in [-0.1, -0.05) is 11.6 Å². The normalized spacial score (nSPS) is 10.1. The van der Waals surface area contributed by atoms with Gasteiger partial charge in [0.2, 0.25) is 0 Å².